The number of ether oxygens (including phenoxy) is 3. The first-order valence-corrected chi connectivity index (χ1v) is 11.7. The maximum Gasteiger partial charge on any atom is 0.320 e. The van der Waals surface area contributed by atoms with E-state index in [-0.39, 0.29) is 25.3 Å². The van der Waals surface area contributed by atoms with Gasteiger partial charge >= 0.3 is 11.9 Å². The van der Waals surface area contributed by atoms with Gasteiger partial charge < -0.3 is 14.2 Å². The second-order valence-corrected chi connectivity index (χ2v) is 8.04. The lowest BCUT2D eigenvalue weighted by atomic mass is 9.97. The Bertz CT molecular complexity index is 809. The van der Waals surface area contributed by atoms with E-state index in [2.05, 4.69) is 31.0 Å². The van der Waals surface area contributed by atoms with Gasteiger partial charge in [0.2, 0.25) is 0 Å². The van der Waals surface area contributed by atoms with Crippen LogP contribution in [0.15, 0.2) is 60.7 Å². The molecule has 0 aliphatic rings. The fourth-order valence-electron chi connectivity index (χ4n) is 3.75. The van der Waals surface area contributed by atoms with E-state index in [0.29, 0.717) is 26.1 Å². The zero-order valence-electron chi connectivity index (χ0n) is 20.2. The average molecular weight is 456 g/mol. The van der Waals surface area contributed by atoms with Crippen LogP contribution in [-0.4, -0.2) is 49.7 Å². The lowest BCUT2D eigenvalue weighted by Gasteiger charge is -2.34. The summed E-state index contributed by atoms with van der Waals surface area (Å²) in [5.74, 6) is -1.99. The summed E-state index contributed by atoms with van der Waals surface area (Å²) in [5, 5.41) is 0. The highest BCUT2D eigenvalue weighted by Crippen LogP contribution is 2.24. The molecule has 33 heavy (non-hydrogen) atoms. The van der Waals surface area contributed by atoms with Crippen molar-refractivity contribution < 1.29 is 23.8 Å². The summed E-state index contributed by atoms with van der Waals surface area (Å²) in [4.78, 5) is 27.1. The molecular formula is C27H37NO5. The lowest BCUT2D eigenvalue weighted by Crippen LogP contribution is -2.39. The van der Waals surface area contributed by atoms with Gasteiger partial charge in [-0.25, -0.2) is 0 Å². The van der Waals surface area contributed by atoms with Gasteiger partial charge in [-0.05, 0) is 51.8 Å². The van der Waals surface area contributed by atoms with Crippen LogP contribution in [0.1, 0.15) is 50.8 Å². The van der Waals surface area contributed by atoms with Crippen LogP contribution < -0.4 is 0 Å². The number of esters is 2. The molecular weight excluding hydrogens is 418 g/mol. The highest BCUT2D eigenvalue weighted by molar-refractivity contribution is 5.94. The van der Waals surface area contributed by atoms with Crippen molar-refractivity contribution in [1.29, 1.82) is 0 Å². The van der Waals surface area contributed by atoms with Crippen molar-refractivity contribution in [2.45, 2.75) is 52.3 Å². The normalized spacial score (nSPS) is 13.0. The van der Waals surface area contributed by atoms with Crippen LogP contribution in [0.2, 0.25) is 0 Å². The molecule has 2 aromatic rings. The third-order valence-electron chi connectivity index (χ3n) is 5.82. The highest BCUT2D eigenvalue weighted by atomic mass is 16.6. The molecule has 2 aromatic carbocycles. The minimum absolute atomic E-state index is 0.00438. The van der Waals surface area contributed by atoms with Crippen molar-refractivity contribution in [2.75, 3.05) is 26.9 Å². The summed E-state index contributed by atoms with van der Waals surface area (Å²) in [6, 6.07) is 20.4. The Hall–Kier alpha value is -2.70. The van der Waals surface area contributed by atoms with Gasteiger partial charge in [0.1, 0.15) is 0 Å². The maximum atomic E-state index is 12.4. The topological polar surface area (TPSA) is 65.1 Å². The molecule has 2 atom stereocenters. The third kappa shape index (κ3) is 8.63. The first-order valence-electron chi connectivity index (χ1n) is 11.7. The zero-order chi connectivity index (χ0) is 24.1. The predicted molar refractivity (Wildman–Crippen MR) is 128 cm³/mol. The van der Waals surface area contributed by atoms with Gasteiger partial charge in [0.05, 0.1) is 26.4 Å². The maximum absolute atomic E-state index is 12.4. The highest BCUT2D eigenvalue weighted by Gasteiger charge is 2.31. The molecule has 0 aromatic heterocycles. The van der Waals surface area contributed by atoms with Gasteiger partial charge in [0, 0.05) is 12.1 Å². The molecule has 6 nitrogen and oxygen atoms in total. The van der Waals surface area contributed by atoms with E-state index in [0.717, 1.165) is 5.56 Å². The molecule has 0 amide bonds. The smallest absolute Gasteiger partial charge is 0.320 e. The first-order chi connectivity index (χ1) is 16.0. The van der Waals surface area contributed by atoms with Crippen molar-refractivity contribution in [3.05, 3.63) is 71.8 Å². The molecule has 0 spiro atoms. The largest absolute Gasteiger partial charge is 0.465 e. The SMILES string of the molecule is CCOC(=O)C(CC[C@@H](COCc1ccccc1)N(C)[C@@H](C)c1ccccc1)C(=O)OCC. The quantitative estimate of drug-likeness (QED) is 0.302. The molecule has 0 heterocycles. The molecule has 0 fully saturated rings. The Kier molecular flexibility index (Phi) is 11.6. The molecule has 0 unspecified atom stereocenters. The minimum Gasteiger partial charge on any atom is -0.465 e. The number of nitrogens with zero attached hydrogens (tertiary/aromatic N) is 1. The zero-order valence-corrected chi connectivity index (χ0v) is 20.2. The van der Waals surface area contributed by atoms with Gasteiger partial charge in [0.25, 0.3) is 0 Å². The van der Waals surface area contributed by atoms with E-state index in [4.69, 9.17) is 14.2 Å². The third-order valence-corrected chi connectivity index (χ3v) is 5.82. The Balaban J connectivity index is 2.11. The molecule has 0 saturated carbocycles. The van der Waals surface area contributed by atoms with Crippen LogP contribution >= 0.6 is 0 Å². The van der Waals surface area contributed by atoms with E-state index in [9.17, 15) is 9.59 Å². The predicted octanol–water partition coefficient (Wildman–Crippen LogP) is 4.79. The van der Waals surface area contributed by atoms with Gasteiger partial charge in [-0.1, -0.05) is 60.7 Å². The molecule has 0 bridgehead atoms. The van der Waals surface area contributed by atoms with Crippen LogP contribution in [0.4, 0.5) is 0 Å². The molecule has 2 rings (SSSR count). The van der Waals surface area contributed by atoms with Gasteiger partial charge in [-0.15, -0.1) is 0 Å². The number of carbonyl (C=O) groups is 2. The van der Waals surface area contributed by atoms with Crippen molar-refractivity contribution in [2.24, 2.45) is 5.92 Å². The summed E-state index contributed by atoms with van der Waals surface area (Å²) < 4.78 is 16.3. The number of likely N-dealkylation sites (N-methyl/N-ethyl adjacent to an activating group) is 1. The van der Waals surface area contributed by atoms with E-state index in [1.807, 2.05) is 48.5 Å². The lowest BCUT2D eigenvalue weighted by molar-refractivity contribution is -0.162. The van der Waals surface area contributed by atoms with Crippen molar-refractivity contribution in [1.82, 2.24) is 4.90 Å². The second kappa shape index (κ2) is 14.4. The Labute approximate surface area is 197 Å². The molecule has 0 radical (unpaired) electrons. The van der Waals surface area contributed by atoms with E-state index in [1.165, 1.54) is 5.56 Å². The number of benzene rings is 2. The summed E-state index contributed by atoms with van der Waals surface area (Å²) in [6.45, 7) is 7.04. The fraction of sp³-hybridized carbons (Fsp3) is 0.481. The van der Waals surface area contributed by atoms with Crippen molar-refractivity contribution >= 4 is 11.9 Å². The molecule has 6 heteroatoms. The molecule has 0 aliphatic heterocycles. The van der Waals surface area contributed by atoms with E-state index < -0.39 is 17.9 Å². The minimum atomic E-state index is -0.929. The van der Waals surface area contributed by atoms with Crippen LogP contribution in [0, 0.1) is 5.92 Å². The second-order valence-electron chi connectivity index (χ2n) is 8.04. The van der Waals surface area contributed by atoms with Crippen LogP contribution in [-0.2, 0) is 30.4 Å². The van der Waals surface area contributed by atoms with Crippen molar-refractivity contribution in [3.63, 3.8) is 0 Å². The van der Waals surface area contributed by atoms with Crippen LogP contribution in [0.25, 0.3) is 0 Å². The molecule has 0 saturated heterocycles. The molecule has 180 valence electrons. The fourth-order valence-corrected chi connectivity index (χ4v) is 3.75. The van der Waals surface area contributed by atoms with Gasteiger partial charge in [0.15, 0.2) is 5.92 Å². The molecule has 0 aliphatic carbocycles. The van der Waals surface area contributed by atoms with Gasteiger partial charge in [-0.3, -0.25) is 14.5 Å². The van der Waals surface area contributed by atoms with E-state index >= 15 is 0 Å². The number of carbonyl (C=O) groups excluding carboxylic acids is 2. The first kappa shape index (κ1) is 26.6. The summed E-state index contributed by atoms with van der Waals surface area (Å²) >= 11 is 0. The standard InChI is InChI=1S/C27H37NO5/c1-5-32-26(29)25(27(30)33-6-2)18-17-24(20-31-19-22-13-9-7-10-14-22)28(4)21(3)23-15-11-8-12-16-23/h7-16,21,24-25H,5-6,17-20H2,1-4H3/t21-,24-/m0/s1. The van der Waals surface area contributed by atoms with E-state index in [1.54, 1.807) is 13.8 Å². The number of hydrogen-bond donors (Lipinski definition) is 0. The summed E-state index contributed by atoms with van der Waals surface area (Å²) in [7, 11) is 2.05. The van der Waals surface area contributed by atoms with Gasteiger partial charge in [-0.2, -0.15) is 0 Å². The summed E-state index contributed by atoms with van der Waals surface area (Å²) in [5.41, 5.74) is 2.30. The van der Waals surface area contributed by atoms with Crippen molar-refractivity contribution in [3.8, 4) is 0 Å². The Morgan fingerprint density at radius 3 is 1.94 bits per heavy atom. The Morgan fingerprint density at radius 2 is 1.39 bits per heavy atom. The number of rotatable bonds is 14. The monoisotopic (exact) mass is 455 g/mol. The van der Waals surface area contributed by atoms with Crippen LogP contribution in [0.5, 0.6) is 0 Å². The molecule has 0 N–H and O–H groups in total. The summed E-state index contributed by atoms with van der Waals surface area (Å²) in [6.07, 6.45) is 0.924. The average Bonchev–Trinajstić information content (AvgIpc) is 2.83. The Morgan fingerprint density at radius 1 is 0.848 bits per heavy atom. The van der Waals surface area contributed by atoms with Crippen LogP contribution in [0.3, 0.4) is 0 Å². The number of hydrogen-bond acceptors (Lipinski definition) is 6.